The van der Waals surface area contributed by atoms with Gasteiger partial charge in [0.25, 0.3) is 0 Å². The van der Waals surface area contributed by atoms with Gasteiger partial charge in [0.2, 0.25) is 0 Å². The second-order valence-corrected chi connectivity index (χ2v) is 16.8. The molecule has 1 fully saturated rings. The summed E-state index contributed by atoms with van der Waals surface area (Å²) in [5.74, 6) is 0. The summed E-state index contributed by atoms with van der Waals surface area (Å²) in [6, 6.07) is 67.2. The minimum atomic E-state index is 0.0625. The summed E-state index contributed by atoms with van der Waals surface area (Å²) >= 11 is 0. The predicted molar refractivity (Wildman–Crippen MR) is 255 cm³/mol. The van der Waals surface area contributed by atoms with Crippen LogP contribution in [0.1, 0.15) is 65.5 Å². The molecule has 2 heteroatoms. The molecule has 0 saturated heterocycles. The molecule has 0 unspecified atom stereocenters. The molecule has 0 N–H and O–H groups in total. The molecule has 0 aliphatic heterocycles. The number of rotatable bonds is 6. The third-order valence-corrected chi connectivity index (χ3v) is 13.5. The Morgan fingerprint density at radius 3 is 1.18 bits per heavy atom. The van der Waals surface area contributed by atoms with Gasteiger partial charge in [0.1, 0.15) is 0 Å². The van der Waals surface area contributed by atoms with Crippen molar-refractivity contribution in [1.29, 1.82) is 0 Å². The molecular formula is C58H44N2. The molecular weight excluding hydrogens is 725 g/mol. The van der Waals surface area contributed by atoms with E-state index in [0.717, 1.165) is 0 Å². The number of nitrogens with zero attached hydrogens (tertiary/aromatic N) is 2. The van der Waals surface area contributed by atoms with Crippen molar-refractivity contribution >= 4 is 67.9 Å². The molecule has 2 aromatic heterocycles. The van der Waals surface area contributed by atoms with E-state index in [9.17, 15) is 0 Å². The number of hydrogen-bond acceptors (Lipinski definition) is 0. The maximum atomic E-state index is 2.51. The highest BCUT2D eigenvalue weighted by molar-refractivity contribution is 6.11. The molecule has 2 heterocycles. The standard InChI is InChI=1S/C58H44N2/c1-4-14-44(15-5-1)59-54-20-10-8-18-48(54)50-36-40(28-32-56(50)59)22-24-42-26-30-46-47-31-27-43(39-53(47)58(52(46)38-42)34-12-3-13-35-58)25-23-41-29-33-57-51(37-41)49-19-9-11-21-55(49)60(57)45-16-6-2-7-17-45/h1-2,4-11,14-33,36-39H,3,12-13,34-35H2. The van der Waals surface area contributed by atoms with Crippen LogP contribution in [0.5, 0.6) is 0 Å². The van der Waals surface area contributed by atoms with Crippen molar-refractivity contribution in [2.45, 2.75) is 37.5 Å². The van der Waals surface area contributed by atoms with Crippen molar-refractivity contribution in [3.63, 3.8) is 0 Å². The molecule has 1 spiro atoms. The Balaban J connectivity index is 0.871. The minimum absolute atomic E-state index is 0.0625. The summed E-state index contributed by atoms with van der Waals surface area (Å²) in [7, 11) is 0. The first-order valence-corrected chi connectivity index (χ1v) is 21.5. The summed E-state index contributed by atoms with van der Waals surface area (Å²) in [5.41, 5.74) is 18.2. The van der Waals surface area contributed by atoms with Crippen LogP contribution in [-0.2, 0) is 5.41 Å². The van der Waals surface area contributed by atoms with Gasteiger partial charge in [0.05, 0.1) is 22.1 Å². The van der Waals surface area contributed by atoms with Gasteiger partial charge in [-0.1, -0.05) is 165 Å². The van der Waals surface area contributed by atoms with Crippen LogP contribution in [0.2, 0.25) is 0 Å². The van der Waals surface area contributed by atoms with E-state index in [1.165, 1.54) is 132 Å². The number of para-hydroxylation sites is 4. The Hall–Kier alpha value is -7.16. The average Bonchev–Trinajstić information content (AvgIpc) is 3.91. The van der Waals surface area contributed by atoms with Gasteiger partial charge in [-0.25, -0.2) is 0 Å². The minimum Gasteiger partial charge on any atom is -0.309 e. The van der Waals surface area contributed by atoms with Crippen LogP contribution in [0, 0.1) is 0 Å². The number of fused-ring (bicyclic) bond motifs is 11. The molecule has 0 atom stereocenters. The van der Waals surface area contributed by atoms with Crippen molar-refractivity contribution in [3.05, 3.63) is 215 Å². The fourth-order valence-corrected chi connectivity index (χ4v) is 10.7. The van der Waals surface area contributed by atoms with E-state index in [1.807, 2.05) is 0 Å². The first-order valence-electron chi connectivity index (χ1n) is 21.5. The average molecular weight is 769 g/mol. The maximum Gasteiger partial charge on any atom is 0.0541 e. The van der Waals surface area contributed by atoms with Crippen LogP contribution in [0.15, 0.2) is 182 Å². The summed E-state index contributed by atoms with van der Waals surface area (Å²) in [4.78, 5) is 0. The Labute approximate surface area is 351 Å². The zero-order valence-corrected chi connectivity index (χ0v) is 33.6. The third-order valence-electron chi connectivity index (χ3n) is 13.5. The summed E-state index contributed by atoms with van der Waals surface area (Å²) in [6.45, 7) is 0. The molecule has 0 radical (unpaired) electrons. The number of aromatic nitrogens is 2. The lowest BCUT2D eigenvalue weighted by Crippen LogP contribution is -2.28. The number of benzene rings is 8. The summed E-state index contributed by atoms with van der Waals surface area (Å²) in [6.07, 6.45) is 15.5. The Bertz CT molecular complexity index is 3110. The molecule has 1 saturated carbocycles. The van der Waals surface area contributed by atoms with Gasteiger partial charge in [-0.05, 0) is 118 Å². The monoisotopic (exact) mass is 768 g/mol. The largest absolute Gasteiger partial charge is 0.309 e. The lowest BCUT2D eigenvalue weighted by atomic mass is 9.67. The van der Waals surface area contributed by atoms with E-state index < -0.39 is 0 Å². The van der Waals surface area contributed by atoms with E-state index >= 15 is 0 Å². The number of hydrogen-bond donors (Lipinski definition) is 0. The highest BCUT2D eigenvalue weighted by atomic mass is 15.0. The van der Waals surface area contributed by atoms with Gasteiger partial charge in [-0.3, -0.25) is 0 Å². The molecule has 2 aliphatic rings. The van der Waals surface area contributed by atoms with Gasteiger partial charge < -0.3 is 9.13 Å². The van der Waals surface area contributed by atoms with Crippen molar-refractivity contribution in [2.24, 2.45) is 0 Å². The quantitative estimate of drug-likeness (QED) is 0.149. The molecule has 2 nitrogen and oxygen atoms in total. The normalized spacial score (nSPS) is 14.7. The van der Waals surface area contributed by atoms with Crippen molar-refractivity contribution in [3.8, 4) is 22.5 Å². The zero-order chi connectivity index (χ0) is 39.6. The van der Waals surface area contributed by atoms with Gasteiger partial charge in [-0.15, -0.1) is 0 Å². The maximum absolute atomic E-state index is 2.51. The third kappa shape index (κ3) is 5.55. The lowest BCUT2D eigenvalue weighted by Gasteiger charge is -2.36. The van der Waals surface area contributed by atoms with Gasteiger partial charge in [-0.2, -0.15) is 0 Å². The van der Waals surface area contributed by atoms with E-state index in [0.29, 0.717) is 0 Å². The fraction of sp³-hybridized carbons (Fsp3) is 0.103. The van der Waals surface area contributed by atoms with Gasteiger partial charge in [0, 0.05) is 38.3 Å². The van der Waals surface area contributed by atoms with Crippen molar-refractivity contribution < 1.29 is 0 Å². The molecule has 10 aromatic rings. The van der Waals surface area contributed by atoms with Crippen LogP contribution < -0.4 is 0 Å². The molecule has 60 heavy (non-hydrogen) atoms. The molecule has 8 aromatic carbocycles. The Kier molecular flexibility index (Phi) is 8.13. The Morgan fingerprint density at radius 1 is 0.333 bits per heavy atom. The molecule has 0 amide bonds. The first kappa shape index (κ1) is 34.8. The summed E-state index contributed by atoms with van der Waals surface area (Å²) < 4.78 is 4.76. The van der Waals surface area contributed by atoms with E-state index in [2.05, 4.69) is 215 Å². The zero-order valence-electron chi connectivity index (χ0n) is 33.6. The van der Waals surface area contributed by atoms with E-state index in [4.69, 9.17) is 0 Å². The van der Waals surface area contributed by atoms with Crippen LogP contribution in [0.4, 0.5) is 0 Å². The molecule has 286 valence electrons. The predicted octanol–water partition coefficient (Wildman–Crippen LogP) is 15.5. The second-order valence-electron chi connectivity index (χ2n) is 16.8. The van der Waals surface area contributed by atoms with Crippen LogP contribution in [0.3, 0.4) is 0 Å². The highest BCUT2D eigenvalue weighted by Crippen LogP contribution is 2.56. The second kappa shape index (κ2) is 14.0. The van der Waals surface area contributed by atoms with Crippen molar-refractivity contribution in [1.82, 2.24) is 9.13 Å². The first-order chi connectivity index (χ1) is 29.7. The topological polar surface area (TPSA) is 9.86 Å². The van der Waals surface area contributed by atoms with Crippen molar-refractivity contribution in [2.75, 3.05) is 0 Å². The molecule has 12 rings (SSSR count). The van der Waals surface area contributed by atoms with E-state index in [1.54, 1.807) is 0 Å². The molecule has 0 bridgehead atoms. The van der Waals surface area contributed by atoms with Crippen LogP contribution >= 0.6 is 0 Å². The molecule has 2 aliphatic carbocycles. The fourth-order valence-electron chi connectivity index (χ4n) is 10.7. The smallest absolute Gasteiger partial charge is 0.0541 e. The Morgan fingerprint density at radius 2 is 0.717 bits per heavy atom. The van der Waals surface area contributed by atoms with Crippen LogP contribution in [-0.4, -0.2) is 9.13 Å². The SMILES string of the molecule is C(=Cc1ccc2c(c1)c1ccccc1n2-c1ccccc1)c1ccc2c(c1)C1(CCCCC1)c1cc(C=Cc3ccc4c(c3)c3ccccc3n4-c3ccccc3)ccc1-2. The van der Waals surface area contributed by atoms with Crippen LogP contribution in [0.25, 0.3) is 90.4 Å². The van der Waals surface area contributed by atoms with Gasteiger partial charge in [0.15, 0.2) is 0 Å². The lowest BCUT2D eigenvalue weighted by molar-refractivity contribution is 0.353. The van der Waals surface area contributed by atoms with E-state index in [-0.39, 0.29) is 5.41 Å². The summed E-state index contributed by atoms with van der Waals surface area (Å²) in [5, 5.41) is 5.12. The highest BCUT2D eigenvalue weighted by Gasteiger charge is 2.43. The van der Waals surface area contributed by atoms with Gasteiger partial charge >= 0.3 is 0 Å².